The number of hydrogen-bond acceptors (Lipinski definition) is 2. The maximum absolute atomic E-state index is 12.2. The van der Waals surface area contributed by atoms with Gasteiger partial charge in [-0.1, -0.05) is 42.3 Å². The fraction of sp³-hybridized carbons (Fsp3) is 0.381. The molecule has 0 atom stereocenters. The zero-order chi connectivity index (χ0) is 17.5. The maximum Gasteiger partial charge on any atom is 0.251 e. The topological polar surface area (TPSA) is 32.3 Å². The number of nitrogens with one attached hydrogen (secondary N) is 1. The second-order valence-corrected chi connectivity index (χ2v) is 7.10. The minimum absolute atomic E-state index is 0.0153. The van der Waals surface area contributed by atoms with E-state index in [9.17, 15) is 4.79 Å². The lowest BCUT2D eigenvalue weighted by atomic mass is 10.1. The third kappa shape index (κ3) is 5.58. The number of likely N-dealkylation sites (tertiary alicyclic amines) is 1. The van der Waals surface area contributed by atoms with Crippen LogP contribution in [-0.4, -0.2) is 30.4 Å². The molecule has 0 bridgehead atoms. The fourth-order valence-electron chi connectivity index (χ4n) is 3.21. The SMILES string of the molecule is O=C(NCCc1ccc(Cl)cc1)c1ccc(CN2CCCCC2)cc1. The van der Waals surface area contributed by atoms with E-state index in [1.807, 2.05) is 36.4 Å². The van der Waals surface area contributed by atoms with Gasteiger partial charge in [-0.2, -0.15) is 0 Å². The van der Waals surface area contributed by atoms with E-state index in [-0.39, 0.29) is 5.91 Å². The van der Waals surface area contributed by atoms with Gasteiger partial charge >= 0.3 is 0 Å². The molecule has 1 fully saturated rings. The third-order valence-electron chi connectivity index (χ3n) is 4.68. The first-order chi connectivity index (χ1) is 12.2. The van der Waals surface area contributed by atoms with Crippen molar-refractivity contribution >= 4 is 17.5 Å². The summed E-state index contributed by atoms with van der Waals surface area (Å²) >= 11 is 5.88. The quantitative estimate of drug-likeness (QED) is 0.837. The first kappa shape index (κ1) is 18.0. The van der Waals surface area contributed by atoms with Crippen LogP contribution in [0.4, 0.5) is 0 Å². The molecule has 4 heteroatoms. The molecule has 25 heavy (non-hydrogen) atoms. The molecule has 1 amide bonds. The highest BCUT2D eigenvalue weighted by atomic mass is 35.5. The van der Waals surface area contributed by atoms with Crippen LogP contribution in [0.15, 0.2) is 48.5 Å². The molecule has 0 saturated carbocycles. The highest BCUT2D eigenvalue weighted by Crippen LogP contribution is 2.14. The van der Waals surface area contributed by atoms with Crippen LogP contribution in [-0.2, 0) is 13.0 Å². The van der Waals surface area contributed by atoms with Crippen molar-refractivity contribution in [2.45, 2.75) is 32.2 Å². The number of carbonyl (C=O) groups is 1. The molecule has 132 valence electrons. The average Bonchev–Trinajstić information content (AvgIpc) is 2.65. The number of carbonyl (C=O) groups excluding carboxylic acids is 1. The highest BCUT2D eigenvalue weighted by molar-refractivity contribution is 6.30. The van der Waals surface area contributed by atoms with Gasteiger partial charge < -0.3 is 5.32 Å². The number of rotatable bonds is 6. The first-order valence-corrected chi connectivity index (χ1v) is 9.42. The Kier molecular flexibility index (Phi) is 6.48. The van der Waals surface area contributed by atoms with Crippen LogP contribution in [0.25, 0.3) is 0 Å². The summed E-state index contributed by atoms with van der Waals surface area (Å²) in [6.45, 7) is 3.98. The summed E-state index contributed by atoms with van der Waals surface area (Å²) in [5.41, 5.74) is 3.17. The Hall–Kier alpha value is -1.84. The molecule has 0 aromatic heterocycles. The van der Waals surface area contributed by atoms with Crippen molar-refractivity contribution in [3.8, 4) is 0 Å². The molecule has 0 unspecified atom stereocenters. The second-order valence-electron chi connectivity index (χ2n) is 6.67. The number of nitrogens with zero attached hydrogens (tertiary/aromatic N) is 1. The Morgan fingerprint density at radius 3 is 2.24 bits per heavy atom. The predicted octanol–water partition coefficient (Wildman–Crippen LogP) is 4.30. The number of halogens is 1. The Morgan fingerprint density at radius 1 is 0.920 bits per heavy atom. The van der Waals surface area contributed by atoms with Crippen LogP contribution in [0.5, 0.6) is 0 Å². The van der Waals surface area contributed by atoms with E-state index in [0.29, 0.717) is 6.54 Å². The molecule has 1 aliphatic heterocycles. The second kappa shape index (κ2) is 9.02. The lowest BCUT2D eigenvalue weighted by Crippen LogP contribution is -2.29. The summed E-state index contributed by atoms with van der Waals surface area (Å²) in [5.74, 6) is -0.0153. The summed E-state index contributed by atoms with van der Waals surface area (Å²) in [7, 11) is 0. The summed E-state index contributed by atoms with van der Waals surface area (Å²) in [4.78, 5) is 14.7. The van der Waals surface area contributed by atoms with Crippen LogP contribution in [0.1, 0.15) is 40.7 Å². The average molecular weight is 357 g/mol. The number of amides is 1. The zero-order valence-electron chi connectivity index (χ0n) is 14.5. The summed E-state index contributed by atoms with van der Waals surface area (Å²) < 4.78 is 0. The van der Waals surface area contributed by atoms with Crippen molar-refractivity contribution in [1.82, 2.24) is 10.2 Å². The minimum atomic E-state index is -0.0153. The smallest absolute Gasteiger partial charge is 0.251 e. The molecule has 1 heterocycles. The fourth-order valence-corrected chi connectivity index (χ4v) is 3.34. The van der Waals surface area contributed by atoms with Crippen LogP contribution >= 0.6 is 11.6 Å². The largest absolute Gasteiger partial charge is 0.352 e. The van der Waals surface area contributed by atoms with Crippen molar-refractivity contribution in [3.63, 3.8) is 0 Å². The van der Waals surface area contributed by atoms with E-state index < -0.39 is 0 Å². The molecule has 3 rings (SSSR count). The molecule has 2 aromatic carbocycles. The Balaban J connectivity index is 1.46. The minimum Gasteiger partial charge on any atom is -0.352 e. The van der Waals surface area contributed by atoms with Gasteiger partial charge in [0.1, 0.15) is 0 Å². The van der Waals surface area contributed by atoms with E-state index >= 15 is 0 Å². The standard InChI is InChI=1S/C21H25ClN2O/c22-20-10-6-17(7-11-20)12-13-23-21(25)19-8-4-18(5-9-19)16-24-14-2-1-3-15-24/h4-11H,1-3,12-16H2,(H,23,25). The van der Waals surface area contributed by atoms with Crippen molar-refractivity contribution in [2.75, 3.05) is 19.6 Å². The summed E-state index contributed by atoms with van der Waals surface area (Å²) in [6, 6.07) is 15.7. The molecule has 0 spiro atoms. The van der Waals surface area contributed by atoms with Gasteiger partial charge in [0.05, 0.1) is 0 Å². The van der Waals surface area contributed by atoms with E-state index in [2.05, 4.69) is 22.3 Å². The molecular formula is C21H25ClN2O. The van der Waals surface area contributed by atoms with Crippen LogP contribution in [0.2, 0.25) is 5.02 Å². The van der Waals surface area contributed by atoms with E-state index in [4.69, 9.17) is 11.6 Å². The van der Waals surface area contributed by atoms with Gasteiger partial charge in [-0.15, -0.1) is 0 Å². The molecule has 0 aliphatic carbocycles. The Labute approximate surface area is 155 Å². The van der Waals surface area contributed by atoms with E-state index in [1.54, 1.807) is 0 Å². The van der Waals surface area contributed by atoms with Crippen LogP contribution in [0.3, 0.4) is 0 Å². The molecule has 1 N–H and O–H groups in total. The number of piperidine rings is 1. The van der Waals surface area contributed by atoms with Gasteiger partial charge in [-0.3, -0.25) is 9.69 Å². The van der Waals surface area contributed by atoms with Gasteiger partial charge in [0.25, 0.3) is 5.91 Å². The van der Waals surface area contributed by atoms with Crippen LogP contribution in [0, 0.1) is 0 Å². The lowest BCUT2D eigenvalue weighted by Gasteiger charge is -2.26. The van der Waals surface area contributed by atoms with Crippen molar-refractivity contribution in [3.05, 3.63) is 70.2 Å². The van der Waals surface area contributed by atoms with Gasteiger partial charge in [0.2, 0.25) is 0 Å². The third-order valence-corrected chi connectivity index (χ3v) is 4.94. The van der Waals surface area contributed by atoms with Crippen LogP contribution < -0.4 is 5.32 Å². The van der Waals surface area contributed by atoms with Gasteiger partial charge in [-0.25, -0.2) is 0 Å². The van der Waals surface area contributed by atoms with Gasteiger partial charge in [-0.05, 0) is 67.7 Å². The normalized spacial score (nSPS) is 15.1. The molecular weight excluding hydrogens is 332 g/mol. The molecule has 1 aliphatic rings. The molecule has 0 radical (unpaired) electrons. The number of benzene rings is 2. The summed E-state index contributed by atoms with van der Waals surface area (Å²) in [6.07, 6.45) is 4.75. The summed E-state index contributed by atoms with van der Waals surface area (Å²) in [5, 5.41) is 3.71. The Bertz CT molecular complexity index is 676. The lowest BCUT2D eigenvalue weighted by molar-refractivity contribution is 0.0954. The van der Waals surface area contributed by atoms with Gasteiger partial charge in [0, 0.05) is 23.7 Å². The maximum atomic E-state index is 12.2. The predicted molar refractivity (Wildman–Crippen MR) is 103 cm³/mol. The van der Waals surface area contributed by atoms with E-state index in [1.165, 1.54) is 43.5 Å². The first-order valence-electron chi connectivity index (χ1n) is 9.05. The van der Waals surface area contributed by atoms with Crippen molar-refractivity contribution < 1.29 is 4.79 Å². The molecule has 1 saturated heterocycles. The molecule has 2 aromatic rings. The molecule has 3 nitrogen and oxygen atoms in total. The highest BCUT2D eigenvalue weighted by Gasteiger charge is 2.11. The Morgan fingerprint density at radius 2 is 1.56 bits per heavy atom. The van der Waals surface area contributed by atoms with Gasteiger partial charge in [0.15, 0.2) is 0 Å². The monoisotopic (exact) mass is 356 g/mol. The van der Waals surface area contributed by atoms with E-state index in [0.717, 1.165) is 23.6 Å². The van der Waals surface area contributed by atoms with Crippen molar-refractivity contribution in [2.24, 2.45) is 0 Å². The number of hydrogen-bond donors (Lipinski definition) is 1. The zero-order valence-corrected chi connectivity index (χ0v) is 15.3. The van der Waals surface area contributed by atoms with Crippen molar-refractivity contribution in [1.29, 1.82) is 0 Å².